The molecule has 0 aliphatic carbocycles. The lowest BCUT2D eigenvalue weighted by molar-refractivity contribution is 0.121. The van der Waals surface area contributed by atoms with E-state index in [0.29, 0.717) is 0 Å². The largest absolute Gasteiger partial charge is 0.501 e. The predicted octanol–water partition coefficient (Wildman–Crippen LogP) is 1.25. The van der Waals surface area contributed by atoms with Crippen molar-refractivity contribution in [3.63, 3.8) is 0 Å². The van der Waals surface area contributed by atoms with E-state index in [4.69, 9.17) is 13.3 Å². The highest BCUT2D eigenvalue weighted by Gasteiger charge is 2.37. The Morgan fingerprint density at radius 1 is 1.13 bits per heavy atom. The highest BCUT2D eigenvalue weighted by molar-refractivity contribution is 6.60. The zero-order chi connectivity index (χ0) is 11.1. The lowest BCUT2D eigenvalue weighted by atomic mass is 10.3. The number of hydrogen-bond donors (Lipinski definition) is 0. The van der Waals surface area contributed by atoms with Crippen molar-refractivity contribution < 1.29 is 13.3 Å². The Hall–Kier alpha value is -0.623. The molecule has 0 bridgehead atoms. The Bertz CT molecular complexity index is 231. The number of allylic oxidation sites excluding steroid dienone is 2. The monoisotopic (exact) mass is 229 g/mol. The van der Waals surface area contributed by atoms with Crippen molar-refractivity contribution in [1.29, 1.82) is 0 Å². The van der Waals surface area contributed by atoms with Crippen LogP contribution in [0.25, 0.3) is 0 Å². The van der Waals surface area contributed by atoms with Gasteiger partial charge in [-0.1, -0.05) is 12.2 Å². The van der Waals surface area contributed by atoms with Gasteiger partial charge in [0.25, 0.3) is 0 Å². The van der Waals surface area contributed by atoms with Crippen molar-refractivity contribution in [2.24, 2.45) is 0 Å². The summed E-state index contributed by atoms with van der Waals surface area (Å²) < 4.78 is 16.1. The number of hydrogen-bond acceptors (Lipinski definition) is 4. The van der Waals surface area contributed by atoms with Crippen molar-refractivity contribution in [3.05, 3.63) is 24.4 Å². The van der Waals surface area contributed by atoms with Crippen molar-refractivity contribution in [3.8, 4) is 0 Å². The van der Waals surface area contributed by atoms with Crippen LogP contribution in [0.5, 0.6) is 0 Å². The third kappa shape index (κ3) is 3.46. The molecule has 1 rings (SSSR count). The zero-order valence-electron chi connectivity index (χ0n) is 9.60. The van der Waals surface area contributed by atoms with Gasteiger partial charge in [0, 0.05) is 40.5 Å². The first-order chi connectivity index (χ1) is 7.26. The smallest absolute Gasteiger partial charge is 0.377 e. The van der Waals surface area contributed by atoms with Crippen molar-refractivity contribution in [1.82, 2.24) is 4.90 Å². The van der Waals surface area contributed by atoms with E-state index in [1.807, 2.05) is 12.2 Å². The van der Waals surface area contributed by atoms with E-state index in [2.05, 4.69) is 17.2 Å². The summed E-state index contributed by atoms with van der Waals surface area (Å²) in [5.74, 6) is 0. The van der Waals surface area contributed by atoms with E-state index < -0.39 is 8.80 Å². The van der Waals surface area contributed by atoms with E-state index in [1.165, 1.54) is 0 Å². The molecule has 1 aliphatic heterocycles. The van der Waals surface area contributed by atoms with Crippen LogP contribution in [-0.4, -0.2) is 48.1 Å². The SMILES string of the molecule is CO[Si](CCN1C=CC=CC1)(OC)OC. The van der Waals surface area contributed by atoms with Gasteiger partial charge in [0.15, 0.2) is 0 Å². The van der Waals surface area contributed by atoms with Crippen LogP contribution in [0.3, 0.4) is 0 Å². The molecule has 0 saturated carbocycles. The van der Waals surface area contributed by atoms with Gasteiger partial charge >= 0.3 is 8.80 Å². The Labute approximate surface area is 92.5 Å². The molecular formula is C10H19NO3Si. The molecule has 0 N–H and O–H groups in total. The van der Waals surface area contributed by atoms with Crippen molar-refractivity contribution in [2.45, 2.75) is 6.04 Å². The van der Waals surface area contributed by atoms with E-state index in [0.717, 1.165) is 19.1 Å². The number of nitrogens with zero attached hydrogens (tertiary/aromatic N) is 1. The predicted molar refractivity (Wildman–Crippen MR) is 61.4 cm³/mol. The third-order valence-corrected chi connectivity index (χ3v) is 5.22. The quantitative estimate of drug-likeness (QED) is 0.641. The molecular weight excluding hydrogens is 210 g/mol. The fourth-order valence-corrected chi connectivity index (χ4v) is 3.18. The van der Waals surface area contributed by atoms with Crippen LogP contribution in [0.1, 0.15) is 0 Å². The molecule has 0 aromatic heterocycles. The van der Waals surface area contributed by atoms with Gasteiger partial charge in [-0.15, -0.1) is 0 Å². The van der Waals surface area contributed by atoms with Gasteiger partial charge in [0.2, 0.25) is 0 Å². The molecule has 1 heterocycles. The van der Waals surface area contributed by atoms with Gasteiger partial charge < -0.3 is 18.2 Å². The molecule has 0 fully saturated rings. The normalized spacial score (nSPS) is 16.1. The highest BCUT2D eigenvalue weighted by atomic mass is 28.4. The lowest BCUT2D eigenvalue weighted by Crippen LogP contribution is -2.45. The van der Waals surface area contributed by atoms with Crippen LogP contribution >= 0.6 is 0 Å². The Balaban J connectivity index is 2.39. The molecule has 0 unspecified atom stereocenters. The molecule has 1 aliphatic rings. The second-order valence-electron chi connectivity index (χ2n) is 3.31. The average Bonchev–Trinajstić information content (AvgIpc) is 2.33. The summed E-state index contributed by atoms with van der Waals surface area (Å²) in [5, 5.41) is 0. The molecule has 0 aromatic carbocycles. The molecule has 0 saturated heterocycles. The standard InChI is InChI=1S/C10H19NO3Si/c1-12-15(13-2,14-3)10-9-11-7-5-4-6-8-11/h4-7H,8-10H2,1-3H3. The Kier molecular flexibility index (Phi) is 5.03. The van der Waals surface area contributed by atoms with E-state index in [9.17, 15) is 0 Å². The Morgan fingerprint density at radius 2 is 1.80 bits per heavy atom. The summed E-state index contributed by atoms with van der Waals surface area (Å²) >= 11 is 0. The van der Waals surface area contributed by atoms with Crippen molar-refractivity contribution in [2.75, 3.05) is 34.4 Å². The minimum atomic E-state index is -2.40. The molecule has 15 heavy (non-hydrogen) atoms. The van der Waals surface area contributed by atoms with E-state index in [1.54, 1.807) is 21.3 Å². The molecule has 0 radical (unpaired) electrons. The minimum Gasteiger partial charge on any atom is -0.377 e. The fraction of sp³-hybridized carbons (Fsp3) is 0.600. The van der Waals surface area contributed by atoms with Gasteiger partial charge in [0.05, 0.1) is 0 Å². The molecule has 5 heteroatoms. The maximum atomic E-state index is 5.35. The summed E-state index contributed by atoms with van der Waals surface area (Å²) in [6.07, 6.45) is 8.26. The summed E-state index contributed by atoms with van der Waals surface area (Å²) in [4.78, 5) is 2.21. The average molecular weight is 229 g/mol. The Morgan fingerprint density at radius 3 is 2.27 bits per heavy atom. The summed E-state index contributed by atoms with van der Waals surface area (Å²) in [6.45, 7) is 1.83. The van der Waals surface area contributed by atoms with Gasteiger partial charge in [-0.2, -0.15) is 0 Å². The van der Waals surface area contributed by atoms with Gasteiger partial charge in [-0.05, 0) is 12.3 Å². The van der Waals surface area contributed by atoms with E-state index in [-0.39, 0.29) is 0 Å². The van der Waals surface area contributed by atoms with Crippen LogP contribution < -0.4 is 0 Å². The van der Waals surface area contributed by atoms with Gasteiger partial charge in [-0.3, -0.25) is 0 Å². The van der Waals surface area contributed by atoms with Gasteiger partial charge in [-0.25, -0.2) is 0 Å². The molecule has 4 nitrogen and oxygen atoms in total. The maximum Gasteiger partial charge on any atom is 0.501 e. The summed E-state index contributed by atoms with van der Waals surface area (Å²) in [5.41, 5.74) is 0. The first kappa shape index (κ1) is 12.4. The first-order valence-corrected chi connectivity index (χ1v) is 6.92. The molecule has 0 atom stereocenters. The molecule has 0 aromatic rings. The van der Waals surface area contributed by atoms with Crippen LogP contribution in [0.2, 0.25) is 6.04 Å². The van der Waals surface area contributed by atoms with Crippen LogP contribution in [0.15, 0.2) is 24.4 Å². The molecule has 86 valence electrons. The van der Waals surface area contributed by atoms with Crippen LogP contribution in [-0.2, 0) is 13.3 Å². The highest BCUT2D eigenvalue weighted by Crippen LogP contribution is 2.14. The maximum absolute atomic E-state index is 5.35. The third-order valence-electron chi connectivity index (χ3n) is 2.52. The van der Waals surface area contributed by atoms with Crippen molar-refractivity contribution >= 4 is 8.80 Å². The van der Waals surface area contributed by atoms with Crippen LogP contribution in [0.4, 0.5) is 0 Å². The van der Waals surface area contributed by atoms with Crippen LogP contribution in [0, 0.1) is 0 Å². The zero-order valence-corrected chi connectivity index (χ0v) is 10.6. The number of rotatable bonds is 6. The lowest BCUT2D eigenvalue weighted by Gasteiger charge is -2.28. The molecule has 0 spiro atoms. The minimum absolute atomic E-state index is 0.800. The first-order valence-electron chi connectivity index (χ1n) is 4.99. The second-order valence-corrected chi connectivity index (χ2v) is 6.40. The second kappa shape index (κ2) is 6.07. The summed E-state index contributed by atoms with van der Waals surface area (Å²) in [7, 11) is 2.53. The van der Waals surface area contributed by atoms with Gasteiger partial charge in [0.1, 0.15) is 0 Å². The fourth-order valence-electron chi connectivity index (χ4n) is 1.51. The molecule has 0 amide bonds. The van der Waals surface area contributed by atoms with E-state index >= 15 is 0 Å². The summed E-state index contributed by atoms with van der Waals surface area (Å²) in [6, 6.07) is 0.800. The topological polar surface area (TPSA) is 30.9 Å².